The van der Waals surface area contributed by atoms with Gasteiger partial charge in [-0.25, -0.2) is 9.59 Å². The number of carboxylic acids is 1. The molecule has 0 saturated carbocycles. The lowest BCUT2D eigenvalue weighted by molar-refractivity contribution is -0.141. The molecule has 2 rings (SSSR count). The molecule has 1 aliphatic rings. The molecule has 3 N–H and O–H groups in total. The largest absolute Gasteiger partial charge is 0.480 e. The number of nitrogens with one attached hydrogen (secondary N) is 2. The Labute approximate surface area is 106 Å². The van der Waals surface area contributed by atoms with Crippen molar-refractivity contribution in [3.05, 3.63) is 20.7 Å². The van der Waals surface area contributed by atoms with Gasteiger partial charge in [0.15, 0.2) is 0 Å². The highest BCUT2D eigenvalue weighted by molar-refractivity contribution is 7.07. The quantitative estimate of drug-likeness (QED) is 0.730. The van der Waals surface area contributed by atoms with Gasteiger partial charge >= 0.3 is 16.9 Å². The number of aromatic nitrogens is 1. The number of amides is 2. The van der Waals surface area contributed by atoms with E-state index in [9.17, 15) is 14.4 Å². The fraction of sp³-hybridized carbons (Fsp3) is 0.500. The van der Waals surface area contributed by atoms with Crippen LogP contribution in [0.4, 0.5) is 4.79 Å². The first-order chi connectivity index (χ1) is 8.58. The molecule has 1 aliphatic heterocycles. The van der Waals surface area contributed by atoms with E-state index in [2.05, 4.69) is 10.3 Å². The summed E-state index contributed by atoms with van der Waals surface area (Å²) in [5, 5.41) is 13.2. The number of hydrogen-bond acceptors (Lipinski definition) is 4. The van der Waals surface area contributed by atoms with Crippen molar-refractivity contribution in [3.63, 3.8) is 0 Å². The molecule has 0 aromatic carbocycles. The van der Waals surface area contributed by atoms with Crippen LogP contribution in [-0.2, 0) is 11.3 Å². The normalized spacial score (nSPS) is 18.9. The minimum atomic E-state index is -0.980. The van der Waals surface area contributed by atoms with Crippen molar-refractivity contribution in [2.45, 2.75) is 25.4 Å². The van der Waals surface area contributed by atoms with Gasteiger partial charge in [0.1, 0.15) is 6.04 Å². The Bertz CT molecular complexity index is 509. The monoisotopic (exact) mass is 271 g/mol. The van der Waals surface area contributed by atoms with E-state index < -0.39 is 18.0 Å². The van der Waals surface area contributed by atoms with Gasteiger partial charge in [0.25, 0.3) is 0 Å². The number of thiazole rings is 1. The van der Waals surface area contributed by atoms with Crippen molar-refractivity contribution < 1.29 is 14.7 Å². The number of urea groups is 1. The molecule has 18 heavy (non-hydrogen) atoms. The third kappa shape index (κ3) is 2.70. The second kappa shape index (κ2) is 5.21. The zero-order valence-electron chi connectivity index (χ0n) is 9.51. The summed E-state index contributed by atoms with van der Waals surface area (Å²) in [6.45, 7) is 0.642. The highest BCUT2D eigenvalue weighted by atomic mass is 32.1. The molecule has 1 aromatic rings. The van der Waals surface area contributed by atoms with Crippen molar-refractivity contribution >= 4 is 23.3 Å². The summed E-state index contributed by atoms with van der Waals surface area (Å²) in [6.07, 6.45) is 1.18. The van der Waals surface area contributed by atoms with Crippen LogP contribution < -0.4 is 10.2 Å². The lowest BCUT2D eigenvalue weighted by atomic mass is 10.2. The summed E-state index contributed by atoms with van der Waals surface area (Å²) in [4.78, 5) is 37.3. The molecular weight excluding hydrogens is 258 g/mol. The first-order valence-corrected chi connectivity index (χ1v) is 6.40. The Morgan fingerprint density at radius 1 is 1.61 bits per heavy atom. The van der Waals surface area contributed by atoms with Crippen LogP contribution in [0.1, 0.15) is 18.5 Å². The molecule has 98 valence electrons. The average molecular weight is 271 g/mol. The molecule has 1 aromatic heterocycles. The lowest BCUT2D eigenvalue weighted by Gasteiger charge is -2.21. The van der Waals surface area contributed by atoms with Gasteiger partial charge in [0, 0.05) is 17.6 Å². The van der Waals surface area contributed by atoms with Crippen LogP contribution >= 0.6 is 11.3 Å². The lowest BCUT2D eigenvalue weighted by Crippen LogP contribution is -2.45. The zero-order valence-corrected chi connectivity index (χ0v) is 10.3. The number of aliphatic carboxylic acids is 1. The summed E-state index contributed by atoms with van der Waals surface area (Å²) in [5.41, 5.74) is 0.615. The second-order valence-corrected chi connectivity index (χ2v) is 4.86. The third-order valence-corrected chi connectivity index (χ3v) is 3.52. The second-order valence-electron chi connectivity index (χ2n) is 4.02. The standard InChI is InChI=1S/C10H13N3O4S/c14-8(15)7-2-1-3-13(7)9(16)11-4-6-5-18-10(17)12-6/h5,7H,1-4H2,(H,11,16)(H,12,17)(H,14,15). The van der Waals surface area contributed by atoms with E-state index in [1.807, 2.05) is 0 Å². The molecule has 1 unspecified atom stereocenters. The first kappa shape index (κ1) is 12.6. The molecule has 0 bridgehead atoms. The van der Waals surface area contributed by atoms with Gasteiger partial charge < -0.3 is 20.3 Å². The fourth-order valence-electron chi connectivity index (χ4n) is 1.94. The minimum Gasteiger partial charge on any atom is -0.480 e. The van der Waals surface area contributed by atoms with Crippen molar-refractivity contribution in [3.8, 4) is 0 Å². The van der Waals surface area contributed by atoms with Crippen molar-refractivity contribution in [1.29, 1.82) is 0 Å². The summed E-state index contributed by atoms with van der Waals surface area (Å²) < 4.78 is 0. The predicted molar refractivity (Wildman–Crippen MR) is 64.5 cm³/mol. The van der Waals surface area contributed by atoms with Crippen LogP contribution in [0.3, 0.4) is 0 Å². The van der Waals surface area contributed by atoms with E-state index in [1.54, 1.807) is 5.38 Å². The molecule has 2 amide bonds. The molecule has 7 nitrogen and oxygen atoms in total. The number of hydrogen-bond donors (Lipinski definition) is 3. The number of carbonyl (C=O) groups is 2. The van der Waals surface area contributed by atoms with Gasteiger partial charge in [-0.3, -0.25) is 4.79 Å². The van der Waals surface area contributed by atoms with E-state index >= 15 is 0 Å². The van der Waals surface area contributed by atoms with Gasteiger partial charge in [-0.1, -0.05) is 11.3 Å². The number of H-pyrrole nitrogens is 1. The van der Waals surface area contributed by atoms with Crippen LogP contribution in [0.5, 0.6) is 0 Å². The Morgan fingerprint density at radius 3 is 3.00 bits per heavy atom. The SMILES string of the molecule is O=C(O)C1CCCN1C(=O)NCc1csc(=O)[nH]1. The molecule has 1 fully saturated rings. The third-order valence-electron chi connectivity index (χ3n) is 2.80. The van der Waals surface area contributed by atoms with E-state index in [1.165, 1.54) is 4.90 Å². The van der Waals surface area contributed by atoms with Gasteiger partial charge in [0.05, 0.1) is 6.54 Å². The van der Waals surface area contributed by atoms with E-state index in [0.717, 1.165) is 11.3 Å². The fourth-order valence-corrected chi connectivity index (χ4v) is 2.52. The van der Waals surface area contributed by atoms with Crippen LogP contribution in [-0.4, -0.2) is 39.6 Å². The minimum absolute atomic E-state index is 0.177. The maximum Gasteiger partial charge on any atom is 0.326 e. The van der Waals surface area contributed by atoms with Crippen molar-refractivity contribution in [2.24, 2.45) is 0 Å². The Balaban J connectivity index is 1.91. The van der Waals surface area contributed by atoms with Gasteiger partial charge in [-0.2, -0.15) is 0 Å². The van der Waals surface area contributed by atoms with Crippen LogP contribution in [0.25, 0.3) is 0 Å². The predicted octanol–water partition coefficient (Wildman–Crippen LogP) is 0.195. The molecule has 8 heteroatoms. The highest BCUT2D eigenvalue weighted by Crippen LogP contribution is 2.17. The number of carbonyl (C=O) groups excluding carboxylic acids is 1. The van der Waals surface area contributed by atoms with E-state index in [0.29, 0.717) is 25.1 Å². The molecular formula is C10H13N3O4S. The Hall–Kier alpha value is -1.83. The zero-order chi connectivity index (χ0) is 13.1. The van der Waals surface area contributed by atoms with E-state index in [4.69, 9.17) is 5.11 Å². The number of nitrogens with zero attached hydrogens (tertiary/aromatic N) is 1. The number of aromatic amines is 1. The van der Waals surface area contributed by atoms with Gasteiger partial charge in [-0.05, 0) is 12.8 Å². The molecule has 1 atom stereocenters. The van der Waals surface area contributed by atoms with Crippen LogP contribution in [0.15, 0.2) is 10.2 Å². The van der Waals surface area contributed by atoms with Crippen LogP contribution in [0.2, 0.25) is 0 Å². The molecule has 0 aliphatic carbocycles. The summed E-state index contributed by atoms with van der Waals surface area (Å²) in [5.74, 6) is -0.980. The van der Waals surface area contributed by atoms with Crippen molar-refractivity contribution in [1.82, 2.24) is 15.2 Å². The summed E-state index contributed by atoms with van der Waals surface area (Å²) >= 11 is 1.02. The number of rotatable bonds is 3. The molecule has 0 radical (unpaired) electrons. The molecule has 1 saturated heterocycles. The highest BCUT2D eigenvalue weighted by Gasteiger charge is 2.33. The van der Waals surface area contributed by atoms with Crippen molar-refractivity contribution in [2.75, 3.05) is 6.54 Å². The Kier molecular flexibility index (Phi) is 3.66. The molecule has 2 heterocycles. The maximum absolute atomic E-state index is 11.8. The summed E-state index contributed by atoms with van der Waals surface area (Å²) in [6, 6.07) is -1.15. The first-order valence-electron chi connectivity index (χ1n) is 5.52. The Morgan fingerprint density at radius 2 is 2.39 bits per heavy atom. The number of carboxylic acid groups (broad SMARTS) is 1. The molecule has 0 spiro atoms. The topological polar surface area (TPSA) is 102 Å². The number of likely N-dealkylation sites (tertiary alicyclic amines) is 1. The van der Waals surface area contributed by atoms with Crippen LogP contribution in [0, 0.1) is 0 Å². The van der Waals surface area contributed by atoms with Gasteiger partial charge in [0.2, 0.25) is 0 Å². The maximum atomic E-state index is 11.8. The summed E-state index contributed by atoms with van der Waals surface area (Å²) in [7, 11) is 0. The smallest absolute Gasteiger partial charge is 0.326 e. The van der Waals surface area contributed by atoms with Gasteiger partial charge in [-0.15, -0.1) is 0 Å². The average Bonchev–Trinajstić information content (AvgIpc) is 2.94. The van der Waals surface area contributed by atoms with E-state index in [-0.39, 0.29) is 11.4 Å².